The third-order valence-electron chi connectivity index (χ3n) is 3.23. The van der Waals surface area contributed by atoms with Gasteiger partial charge in [-0.1, -0.05) is 5.16 Å². The molecular weight excluding hydrogens is 362 g/mol. The molecule has 0 aromatic heterocycles. The number of anilines is 1. The maximum absolute atomic E-state index is 12.3. The van der Waals surface area contributed by atoms with Crippen molar-refractivity contribution in [3.8, 4) is 0 Å². The van der Waals surface area contributed by atoms with Crippen LogP contribution in [0.3, 0.4) is 0 Å². The van der Waals surface area contributed by atoms with Gasteiger partial charge in [0, 0.05) is 23.2 Å². The Balaban J connectivity index is 2.19. The minimum Gasteiger partial charge on any atom is -0.409 e. The molecule has 1 aromatic carbocycles. The van der Waals surface area contributed by atoms with Crippen LogP contribution in [0.4, 0.5) is 5.69 Å². The SMILES string of the molecule is N/C(=N/O)c1ccc(NS(=O)(=O)C2CCOCC2)c(Br)c1. The van der Waals surface area contributed by atoms with Crippen LogP contribution >= 0.6 is 15.9 Å². The van der Waals surface area contributed by atoms with Gasteiger partial charge in [-0.05, 0) is 47.0 Å². The van der Waals surface area contributed by atoms with Crippen LogP contribution in [0.5, 0.6) is 0 Å². The third-order valence-corrected chi connectivity index (χ3v) is 5.74. The molecule has 0 unspecified atom stereocenters. The summed E-state index contributed by atoms with van der Waals surface area (Å²) in [7, 11) is -3.47. The number of oxime groups is 1. The zero-order valence-electron chi connectivity index (χ0n) is 11.1. The number of rotatable bonds is 4. The number of amidine groups is 1. The Morgan fingerprint density at radius 2 is 2.10 bits per heavy atom. The Bertz CT molecular complexity index is 642. The largest absolute Gasteiger partial charge is 0.409 e. The molecule has 0 aliphatic carbocycles. The molecule has 0 bridgehead atoms. The number of sulfonamides is 1. The first-order valence-corrected chi connectivity index (χ1v) is 8.65. The van der Waals surface area contributed by atoms with Gasteiger partial charge in [0.2, 0.25) is 10.0 Å². The summed E-state index contributed by atoms with van der Waals surface area (Å²) in [5.74, 6) is -0.0467. The van der Waals surface area contributed by atoms with Crippen molar-refractivity contribution >= 4 is 37.5 Å². The van der Waals surface area contributed by atoms with Crippen LogP contribution in [-0.2, 0) is 14.8 Å². The lowest BCUT2D eigenvalue weighted by molar-refractivity contribution is 0.0984. The standard InChI is InChI=1S/C12H16BrN3O4S/c13-10-7-8(12(14)15-17)1-2-11(10)16-21(18,19)9-3-5-20-6-4-9/h1-2,7,9,16-17H,3-6H2,(H2,14,15). The molecule has 0 radical (unpaired) electrons. The Morgan fingerprint density at radius 1 is 1.43 bits per heavy atom. The molecule has 1 saturated heterocycles. The fourth-order valence-corrected chi connectivity index (χ4v) is 4.11. The van der Waals surface area contributed by atoms with E-state index in [4.69, 9.17) is 15.7 Å². The lowest BCUT2D eigenvalue weighted by Crippen LogP contribution is -2.33. The minimum absolute atomic E-state index is 0.0467. The topological polar surface area (TPSA) is 114 Å². The Hall–Kier alpha value is -1.32. The highest BCUT2D eigenvalue weighted by atomic mass is 79.9. The maximum Gasteiger partial charge on any atom is 0.235 e. The molecule has 2 rings (SSSR count). The van der Waals surface area contributed by atoms with Crippen molar-refractivity contribution in [2.45, 2.75) is 18.1 Å². The average Bonchev–Trinajstić information content (AvgIpc) is 2.49. The van der Waals surface area contributed by atoms with Gasteiger partial charge in [0.25, 0.3) is 0 Å². The first-order chi connectivity index (χ1) is 9.94. The molecular formula is C12H16BrN3O4S. The second kappa shape index (κ2) is 6.63. The number of halogens is 1. The van der Waals surface area contributed by atoms with E-state index < -0.39 is 15.3 Å². The summed E-state index contributed by atoms with van der Waals surface area (Å²) >= 11 is 3.28. The van der Waals surface area contributed by atoms with E-state index in [1.54, 1.807) is 18.2 Å². The number of benzene rings is 1. The molecule has 9 heteroatoms. The number of ether oxygens (including phenoxy) is 1. The molecule has 1 heterocycles. The predicted octanol–water partition coefficient (Wildman–Crippen LogP) is 1.46. The van der Waals surface area contributed by atoms with Gasteiger partial charge in [0.1, 0.15) is 0 Å². The van der Waals surface area contributed by atoms with E-state index in [2.05, 4.69) is 25.8 Å². The zero-order chi connectivity index (χ0) is 15.5. The summed E-state index contributed by atoms with van der Waals surface area (Å²) in [5.41, 5.74) is 6.38. The smallest absolute Gasteiger partial charge is 0.235 e. The monoisotopic (exact) mass is 377 g/mol. The number of hydrogen-bond acceptors (Lipinski definition) is 5. The van der Waals surface area contributed by atoms with Gasteiger partial charge in [-0.15, -0.1) is 0 Å². The van der Waals surface area contributed by atoms with Crippen molar-refractivity contribution in [2.75, 3.05) is 17.9 Å². The maximum atomic E-state index is 12.3. The summed E-state index contributed by atoms with van der Waals surface area (Å²) < 4.78 is 32.9. The number of nitrogens with one attached hydrogen (secondary N) is 1. The number of hydrogen-bond donors (Lipinski definition) is 3. The Labute approximate surface area is 131 Å². The normalized spacial score (nSPS) is 17.7. The highest BCUT2D eigenvalue weighted by Crippen LogP contribution is 2.27. The fourth-order valence-electron chi connectivity index (χ4n) is 2.04. The number of nitrogens with two attached hydrogens (primary N) is 1. The highest BCUT2D eigenvalue weighted by molar-refractivity contribution is 9.10. The molecule has 4 N–H and O–H groups in total. The Kier molecular flexibility index (Phi) is 5.07. The first-order valence-electron chi connectivity index (χ1n) is 6.31. The fraction of sp³-hybridized carbons (Fsp3) is 0.417. The number of nitrogens with zero attached hydrogens (tertiary/aromatic N) is 1. The van der Waals surface area contributed by atoms with Crippen LogP contribution in [0.2, 0.25) is 0 Å². The molecule has 0 atom stereocenters. The summed E-state index contributed by atoms with van der Waals surface area (Å²) in [4.78, 5) is 0. The molecule has 1 aliphatic rings. The molecule has 0 amide bonds. The molecule has 1 aliphatic heterocycles. The third kappa shape index (κ3) is 3.86. The van der Waals surface area contributed by atoms with Crippen molar-refractivity contribution in [3.05, 3.63) is 28.2 Å². The average molecular weight is 378 g/mol. The summed E-state index contributed by atoms with van der Waals surface area (Å²) in [5, 5.41) is 11.1. The first kappa shape index (κ1) is 16.1. The van der Waals surface area contributed by atoms with Crippen molar-refractivity contribution in [1.82, 2.24) is 0 Å². The van der Waals surface area contributed by atoms with Crippen LogP contribution in [0, 0.1) is 0 Å². The summed E-state index contributed by atoms with van der Waals surface area (Å²) in [6.07, 6.45) is 0.963. The van der Waals surface area contributed by atoms with Crippen LogP contribution < -0.4 is 10.5 Å². The molecule has 7 nitrogen and oxygen atoms in total. The van der Waals surface area contributed by atoms with Gasteiger partial charge in [0.05, 0.1) is 10.9 Å². The van der Waals surface area contributed by atoms with E-state index in [0.29, 0.717) is 41.8 Å². The second-order valence-electron chi connectivity index (χ2n) is 4.64. The van der Waals surface area contributed by atoms with E-state index in [9.17, 15) is 8.42 Å². The van der Waals surface area contributed by atoms with E-state index in [1.807, 2.05) is 0 Å². The van der Waals surface area contributed by atoms with Crippen molar-refractivity contribution in [1.29, 1.82) is 0 Å². The minimum atomic E-state index is -3.47. The van der Waals surface area contributed by atoms with Crippen LogP contribution in [0.1, 0.15) is 18.4 Å². The van der Waals surface area contributed by atoms with Gasteiger partial charge in [-0.2, -0.15) is 0 Å². The van der Waals surface area contributed by atoms with E-state index in [1.165, 1.54) is 0 Å². The summed E-state index contributed by atoms with van der Waals surface area (Å²) in [6, 6.07) is 4.72. The summed E-state index contributed by atoms with van der Waals surface area (Å²) in [6.45, 7) is 0.907. The van der Waals surface area contributed by atoms with Crippen LogP contribution in [0.15, 0.2) is 27.8 Å². The van der Waals surface area contributed by atoms with Gasteiger partial charge in [-0.25, -0.2) is 8.42 Å². The molecule has 116 valence electrons. The predicted molar refractivity (Wildman–Crippen MR) is 83.0 cm³/mol. The molecule has 21 heavy (non-hydrogen) atoms. The zero-order valence-corrected chi connectivity index (χ0v) is 13.5. The lowest BCUT2D eigenvalue weighted by Gasteiger charge is -2.23. The quantitative estimate of drug-likeness (QED) is 0.318. The van der Waals surface area contributed by atoms with Gasteiger partial charge in [-0.3, -0.25) is 4.72 Å². The Morgan fingerprint density at radius 3 is 2.67 bits per heavy atom. The van der Waals surface area contributed by atoms with Crippen LogP contribution in [-0.4, -0.2) is 37.9 Å². The van der Waals surface area contributed by atoms with Crippen molar-refractivity contribution in [3.63, 3.8) is 0 Å². The van der Waals surface area contributed by atoms with E-state index >= 15 is 0 Å². The molecule has 1 aromatic rings. The van der Waals surface area contributed by atoms with Crippen molar-refractivity contribution in [2.24, 2.45) is 10.9 Å². The van der Waals surface area contributed by atoms with Gasteiger partial charge >= 0.3 is 0 Å². The lowest BCUT2D eigenvalue weighted by atomic mass is 10.2. The second-order valence-corrected chi connectivity index (χ2v) is 7.45. The van der Waals surface area contributed by atoms with E-state index in [-0.39, 0.29) is 5.84 Å². The molecule has 0 saturated carbocycles. The molecule has 0 spiro atoms. The van der Waals surface area contributed by atoms with Gasteiger partial charge < -0.3 is 15.7 Å². The molecule has 1 fully saturated rings. The van der Waals surface area contributed by atoms with Crippen molar-refractivity contribution < 1.29 is 18.4 Å². The van der Waals surface area contributed by atoms with E-state index in [0.717, 1.165) is 0 Å². The highest BCUT2D eigenvalue weighted by Gasteiger charge is 2.28. The van der Waals surface area contributed by atoms with Crippen LogP contribution in [0.25, 0.3) is 0 Å². The van der Waals surface area contributed by atoms with Gasteiger partial charge in [0.15, 0.2) is 5.84 Å².